The minimum atomic E-state index is -0.467. The average molecular weight is 282 g/mol. The third kappa shape index (κ3) is 2.82. The fourth-order valence-corrected chi connectivity index (χ4v) is 1.93. The van der Waals surface area contributed by atoms with Gasteiger partial charge in [0.1, 0.15) is 0 Å². The molecule has 0 fully saturated rings. The summed E-state index contributed by atoms with van der Waals surface area (Å²) < 4.78 is 5.05. The van der Waals surface area contributed by atoms with Crippen molar-refractivity contribution in [2.75, 3.05) is 0 Å². The predicted molar refractivity (Wildman–Crippen MR) is 70.1 cm³/mol. The van der Waals surface area contributed by atoms with E-state index in [1.807, 2.05) is 0 Å². The highest BCUT2D eigenvalue weighted by molar-refractivity contribution is 6.35. The second kappa shape index (κ2) is 5.40. The van der Waals surface area contributed by atoms with Gasteiger partial charge in [-0.25, -0.2) is 0 Å². The standard InChI is InChI=1S/C12H9Cl2N3O/c1-2-3-10(15)12-16-11(17-18-12)7-4-8(13)6-9(14)5-7/h1,4-6,10H,3,15H2. The largest absolute Gasteiger partial charge is 0.337 e. The maximum absolute atomic E-state index is 5.90. The van der Waals surface area contributed by atoms with Crippen molar-refractivity contribution >= 4 is 23.2 Å². The first-order valence-electron chi connectivity index (χ1n) is 5.09. The van der Waals surface area contributed by atoms with Gasteiger partial charge in [0.15, 0.2) is 0 Å². The van der Waals surface area contributed by atoms with Crippen LogP contribution in [0.3, 0.4) is 0 Å². The Hall–Kier alpha value is -1.54. The van der Waals surface area contributed by atoms with Gasteiger partial charge in [-0.2, -0.15) is 4.98 Å². The first-order valence-corrected chi connectivity index (χ1v) is 5.85. The number of nitrogens with two attached hydrogens (primary N) is 1. The summed E-state index contributed by atoms with van der Waals surface area (Å²) in [5.74, 6) is 3.11. The SMILES string of the molecule is C#CCC(N)c1nc(-c2cc(Cl)cc(Cl)c2)no1. The van der Waals surface area contributed by atoms with Gasteiger partial charge in [-0.3, -0.25) is 0 Å². The Morgan fingerprint density at radius 2 is 2.00 bits per heavy atom. The molecule has 2 rings (SSSR count). The highest BCUT2D eigenvalue weighted by Gasteiger charge is 2.15. The highest BCUT2D eigenvalue weighted by Crippen LogP contribution is 2.26. The number of terminal acetylenes is 1. The topological polar surface area (TPSA) is 64.9 Å². The van der Waals surface area contributed by atoms with Gasteiger partial charge in [-0.15, -0.1) is 12.3 Å². The van der Waals surface area contributed by atoms with Crippen molar-refractivity contribution in [2.45, 2.75) is 12.5 Å². The molecule has 0 bridgehead atoms. The van der Waals surface area contributed by atoms with Crippen LogP contribution in [0.4, 0.5) is 0 Å². The smallest absolute Gasteiger partial charge is 0.244 e. The summed E-state index contributed by atoms with van der Waals surface area (Å²) >= 11 is 11.8. The predicted octanol–water partition coefficient (Wildman–Crippen LogP) is 3.07. The van der Waals surface area contributed by atoms with Crippen LogP contribution >= 0.6 is 23.2 Å². The minimum absolute atomic E-state index is 0.291. The van der Waals surface area contributed by atoms with Gasteiger partial charge in [0.25, 0.3) is 0 Å². The van der Waals surface area contributed by atoms with E-state index in [2.05, 4.69) is 16.1 Å². The van der Waals surface area contributed by atoms with Crippen molar-refractivity contribution in [3.63, 3.8) is 0 Å². The van der Waals surface area contributed by atoms with Crippen molar-refractivity contribution < 1.29 is 4.52 Å². The molecule has 0 radical (unpaired) electrons. The summed E-state index contributed by atoms with van der Waals surface area (Å²) in [6, 6.07) is 4.53. The van der Waals surface area contributed by atoms with Crippen molar-refractivity contribution in [2.24, 2.45) is 5.73 Å². The zero-order valence-corrected chi connectivity index (χ0v) is 10.7. The summed E-state index contributed by atoms with van der Waals surface area (Å²) in [5.41, 5.74) is 6.43. The maximum Gasteiger partial charge on any atom is 0.244 e. The first-order chi connectivity index (χ1) is 8.60. The van der Waals surface area contributed by atoms with Gasteiger partial charge in [0.05, 0.1) is 6.04 Å². The van der Waals surface area contributed by atoms with E-state index in [1.54, 1.807) is 18.2 Å². The van der Waals surface area contributed by atoms with Gasteiger partial charge < -0.3 is 10.3 Å². The van der Waals surface area contributed by atoms with Crippen LogP contribution in [-0.2, 0) is 0 Å². The number of nitrogens with zero attached hydrogens (tertiary/aromatic N) is 2. The lowest BCUT2D eigenvalue weighted by Crippen LogP contribution is -2.09. The molecule has 0 amide bonds. The Bertz CT molecular complexity index is 583. The maximum atomic E-state index is 5.90. The molecular formula is C12H9Cl2N3O. The Balaban J connectivity index is 2.32. The molecule has 1 unspecified atom stereocenters. The summed E-state index contributed by atoms with van der Waals surface area (Å²) in [5, 5.41) is 4.81. The number of hydrogen-bond acceptors (Lipinski definition) is 4. The normalized spacial score (nSPS) is 12.1. The van der Waals surface area contributed by atoms with Gasteiger partial charge in [0, 0.05) is 22.0 Å². The van der Waals surface area contributed by atoms with E-state index < -0.39 is 6.04 Å². The third-order valence-corrected chi connectivity index (χ3v) is 2.65. The van der Waals surface area contributed by atoms with E-state index in [-0.39, 0.29) is 0 Å². The molecular weight excluding hydrogens is 273 g/mol. The second-order valence-electron chi connectivity index (χ2n) is 3.63. The number of benzene rings is 1. The number of halogens is 2. The minimum Gasteiger partial charge on any atom is -0.337 e. The summed E-state index contributed by atoms with van der Waals surface area (Å²) in [7, 11) is 0. The molecule has 92 valence electrons. The van der Waals surface area contributed by atoms with Crippen LogP contribution in [0.15, 0.2) is 22.7 Å². The van der Waals surface area contributed by atoms with Gasteiger partial charge in [-0.1, -0.05) is 28.4 Å². The number of aromatic nitrogens is 2. The lowest BCUT2D eigenvalue weighted by molar-refractivity contribution is 0.357. The van der Waals surface area contributed by atoms with Gasteiger partial charge >= 0.3 is 0 Å². The highest BCUT2D eigenvalue weighted by atomic mass is 35.5. The molecule has 2 aromatic rings. The molecule has 4 nitrogen and oxygen atoms in total. The van der Waals surface area contributed by atoms with Crippen LogP contribution in [0.2, 0.25) is 10.0 Å². The Morgan fingerprint density at radius 3 is 2.61 bits per heavy atom. The number of hydrogen-bond donors (Lipinski definition) is 1. The van der Waals surface area contributed by atoms with E-state index in [0.717, 1.165) is 0 Å². The molecule has 6 heteroatoms. The van der Waals surface area contributed by atoms with Crippen LogP contribution in [0.5, 0.6) is 0 Å². The monoisotopic (exact) mass is 281 g/mol. The Morgan fingerprint density at radius 1 is 1.33 bits per heavy atom. The summed E-state index contributed by atoms with van der Waals surface area (Å²) in [6.45, 7) is 0. The molecule has 1 aromatic carbocycles. The van der Waals surface area contributed by atoms with Crippen molar-refractivity contribution in [1.29, 1.82) is 0 Å². The van der Waals surface area contributed by atoms with E-state index in [9.17, 15) is 0 Å². The average Bonchev–Trinajstić information content (AvgIpc) is 2.77. The Labute approximate surface area is 114 Å². The van der Waals surface area contributed by atoms with E-state index >= 15 is 0 Å². The second-order valence-corrected chi connectivity index (χ2v) is 4.50. The quantitative estimate of drug-likeness (QED) is 0.879. The molecule has 1 aromatic heterocycles. The van der Waals surface area contributed by atoms with Crippen molar-refractivity contribution in [3.8, 4) is 23.7 Å². The molecule has 0 aliphatic rings. The molecule has 0 aliphatic carbocycles. The zero-order valence-electron chi connectivity index (χ0n) is 9.23. The molecule has 0 aliphatic heterocycles. The van der Waals surface area contributed by atoms with Gasteiger partial charge in [0.2, 0.25) is 11.7 Å². The van der Waals surface area contributed by atoms with E-state index in [0.29, 0.717) is 33.7 Å². The molecule has 0 saturated heterocycles. The van der Waals surface area contributed by atoms with E-state index in [1.165, 1.54) is 0 Å². The fraction of sp³-hybridized carbons (Fsp3) is 0.167. The molecule has 0 spiro atoms. The first kappa shape index (κ1) is 12.9. The lowest BCUT2D eigenvalue weighted by Gasteiger charge is -1.99. The lowest BCUT2D eigenvalue weighted by atomic mass is 10.2. The molecule has 1 atom stereocenters. The summed E-state index contributed by atoms with van der Waals surface area (Å²) in [4.78, 5) is 4.17. The van der Waals surface area contributed by atoms with Crippen LogP contribution in [0, 0.1) is 12.3 Å². The van der Waals surface area contributed by atoms with Crippen LogP contribution < -0.4 is 5.73 Å². The molecule has 18 heavy (non-hydrogen) atoms. The summed E-state index contributed by atoms with van der Waals surface area (Å²) in [6.07, 6.45) is 5.50. The number of rotatable bonds is 3. The Kier molecular flexibility index (Phi) is 3.87. The van der Waals surface area contributed by atoms with Crippen LogP contribution in [-0.4, -0.2) is 10.1 Å². The molecule has 0 saturated carbocycles. The van der Waals surface area contributed by atoms with E-state index in [4.69, 9.17) is 39.9 Å². The molecule has 2 N–H and O–H groups in total. The fourth-order valence-electron chi connectivity index (χ4n) is 1.40. The third-order valence-electron chi connectivity index (χ3n) is 2.22. The van der Waals surface area contributed by atoms with Crippen molar-refractivity contribution in [1.82, 2.24) is 10.1 Å². The van der Waals surface area contributed by atoms with Crippen molar-refractivity contribution in [3.05, 3.63) is 34.1 Å². The van der Waals surface area contributed by atoms with Crippen LogP contribution in [0.25, 0.3) is 11.4 Å². The van der Waals surface area contributed by atoms with Gasteiger partial charge in [-0.05, 0) is 18.2 Å². The zero-order chi connectivity index (χ0) is 13.1. The molecule has 1 heterocycles. The van der Waals surface area contributed by atoms with Crippen LogP contribution in [0.1, 0.15) is 18.4 Å².